The molecular weight excluding hydrogens is 402 g/mol. The summed E-state index contributed by atoms with van der Waals surface area (Å²) >= 11 is 0. The number of aromatic nitrogens is 2. The van der Waals surface area contributed by atoms with Gasteiger partial charge in [-0.2, -0.15) is 0 Å². The average Bonchev–Trinajstić information content (AvgIpc) is 3.08. The Bertz CT molecular complexity index is 1220. The third-order valence-electron chi connectivity index (χ3n) is 5.79. The van der Waals surface area contributed by atoms with Crippen LogP contribution in [-0.4, -0.2) is 9.55 Å². The summed E-state index contributed by atoms with van der Waals surface area (Å²) in [5.74, 6) is 0.459. The van der Waals surface area contributed by atoms with Gasteiger partial charge in [0.25, 0.3) is 0 Å². The molecular formula is C28H28F2N2. The molecule has 4 rings (SSSR count). The Morgan fingerprint density at radius 1 is 0.656 bits per heavy atom. The van der Waals surface area contributed by atoms with Crippen LogP contribution in [0.5, 0.6) is 0 Å². The van der Waals surface area contributed by atoms with Gasteiger partial charge in [0.05, 0.1) is 0 Å². The number of halogens is 2. The standard InChI is InChI=1S/C28H28F2N2/c1-19-13-27(31-28(14-19)32-20(2)7-8-21(32)3)12-11-24-15-23(17-26(30)18-24)10-9-22-5-4-6-25(29)16-22/h4-8,13-18H,9-12H2,1-3H3. The molecule has 0 aliphatic carbocycles. The minimum Gasteiger partial charge on any atom is -0.303 e. The van der Waals surface area contributed by atoms with Crippen LogP contribution in [0.1, 0.15) is 39.3 Å². The molecule has 2 aromatic heterocycles. The fraction of sp³-hybridized carbons (Fsp3) is 0.250. The van der Waals surface area contributed by atoms with Gasteiger partial charge in [0.2, 0.25) is 0 Å². The highest BCUT2D eigenvalue weighted by Crippen LogP contribution is 2.19. The normalized spacial score (nSPS) is 11.2. The van der Waals surface area contributed by atoms with Crippen molar-refractivity contribution in [3.05, 3.63) is 118 Å². The lowest BCUT2D eigenvalue weighted by Gasteiger charge is -2.12. The van der Waals surface area contributed by atoms with Gasteiger partial charge in [-0.05, 0) is 117 Å². The van der Waals surface area contributed by atoms with Gasteiger partial charge >= 0.3 is 0 Å². The van der Waals surface area contributed by atoms with Crippen molar-refractivity contribution in [3.8, 4) is 5.82 Å². The highest BCUT2D eigenvalue weighted by atomic mass is 19.1. The molecule has 0 spiro atoms. The average molecular weight is 431 g/mol. The lowest BCUT2D eigenvalue weighted by molar-refractivity contribution is 0.620. The van der Waals surface area contributed by atoms with E-state index in [0.29, 0.717) is 19.3 Å². The van der Waals surface area contributed by atoms with Gasteiger partial charge in [0.15, 0.2) is 0 Å². The Labute approximate surface area is 188 Å². The van der Waals surface area contributed by atoms with E-state index in [1.807, 2.05) is 6.07 Å². The number of aryl methyl sites for hydroxylation is 7. The van der Waals surface area contributed by atoms with Crippen molar-refractivity contribution in [2.75, 3.05) is 0 Å². The number of rotatable bonds is 7. The molecule has 0 N–H and O–H groups in total. The Hall–Kier alpha value is -3.27. The van der Waals surface area contributed by atoms with E-state index in [9.17, 15) is 8.78 Å². The van der Waals surface area contributed by atoms with Crippen LogP contribution in [0.15, 0.2) is 66.7 Å². The van der Waals surface area contributed by atoms with E-state index in [4.69, 9.17) is 4.98 Å². The van der Waals surface area contributed by atoms with Crippen molar-refractivity contribution in [1.29, 1.82) is 0 Å². The number of hydrogen-bond donors (Lipinski definition) is 0. The second kappa shape index (κ2) is 9.47. The third-order valence-corrected chi connectivity index (χ3v) is 5.79. The highest BCUT2D eigenvalue weighted by molar-refractivity contribution is 5.36. The van der Waals surface area contributed by atoms with Gasteiger partial charge in [-0.1, -0.05) is 18.2 Å². The summed E-state index contributed by atoms with van der Waals surface area (Å²) in [6, 6.07) is 20.2. The fourth-order valence-corrected chi connectivity index (χ4v) is 4.25. The van der Waals surface area contributed by atoms with Crippen LogP contribution in [0, 0.1) is 32.4 Å². The molecule has 0 saturated heterocycles. The molecule has 2 heterocycles. The molecule has 0 atom stereocenters. The Kier molecular flexibility index (Phi) is 6.50. The van der Waals surface area contributed by atoms with E-state index >= 15 is 0 Å². The van der Waals surface area contributed by atoms with Crippen LogP contribution in [0.4, 0.5) is 8.78 Å². The summed E-state index contributed by atoms with van der Waals surface area (Å²) in [4.78, 5) is 4.88. The first-order valence-corrected chi connectivity index (χ1v) is 11.0. The maximum absolute atomic E-state index is 14.3. The maximum Gasteiger partial charge on any atom is 0.137 e. The second-order valence-electron chi connectivity index (χ2n) is 8.54. The van der Waals surface area contributed by atoms with Crippen LogP contribution in [0.25, 0.3) is 5.82 Å². The first-order valence-electron chi connectivity index (χ1n) is 11.0. The van der Waals surface area contributed by atoms with Crippen molar-refractivity contribution in [2.45, 2.75) is 46.5 Å². The van der Waals surface area contributed by atoms with Crippen molar-refractivity contribution in [3.63, 3.8) is 0 Å². The van der Waals surface area contributed by atoms with Crippen molar-refractivity contribution >= 4 is 0 Å². The Balaban J connectivity index is 1.48. The second-order valence-corrected chi connectivity index (χ2v) is 8.54. The zero-order chi connectivity index (χ0) is 22.7. The largest absolute Gasteiger partial charge is 0.303 e. The summed E-state index contributed by atoms with van der Waals surface area (Å²) in [5.41, 5.74) is 7.27. The van der Waals surface area contributed by atoms with E-state index in [1.165, 1.54) is 12.1 Å². The van der Waals surface area contributed by atoms with E-state index in [1.54, 1.807) is 18.2 Å². The fourth-order valence-electron chi connectivity index (χ4n) is 4.25. The molecule has 0 aliphatic heterocycles. The summed E-state index contributed by atoms with van der Waals surface area (Å²) in [6.07, 6.45) is 2.80. The molecule has 0 radical (unpaired) electrons. The molecule has 4 aromatic rings. The molecule has 0 fully saturated rings. The van der Waals surface area contributed by atoms with Crippen LogP contribution in [-0.2, 0) is 25.7 Å². The lowest BCUT2D eigenvalue weighted by Crippen LogP contribution is -2.05. The molecule has 32 heavy (non-hydrogen) atoms. The minimum absolute atomic E-state index is 0.228. The summed E-state index contributed by atoms with van der Waals surface area (Å²) in [6.45, 7) is 6.24. The topological polar surface area (TPSA) is 17.8 Å². The summed E-state index contributed by atoms with van der Waals surface area (Å²) in [7, 11) is 0. The molecule has 0 unspecified atom stereocenters. The molecule has 0 saturated carbocycles. The quantitative estimate of drug-likeness (QED) is 0.321. The van der Waals surface area contributed by atoms with E-state index < -0.39 is 0 Å². The number of pyridine rings is 1. The van der Waals surface area contributed by atoms with Gasteiger partial charge < -0.3 is 4.57 Å². The van der Waals surface area contributed by atoms with Crippen molar-refractivity contribution < 1.29 is 8.78 Å². The van der Waals surface area contributed by atoms with E-state index in [2.05, 4.69) is 55.7 Å². The molecule has 0 amide bonds. The van der Waals surface area contributed by atoms with Crippen LogP contribution < -0.4 is 0 Å². The van der Waals surface area contributed by atoms with Gasteiger partial charge in [-0.3, -0.25) is 0 Å². The van der Waals surface area contributed by atoms with Crippen LogP contribution in [0.2, 0.25) is 0 Å². The molecule has 4 heteroatoms. The summed E-state index contributed by atoms with van der Waals surface area (Å²) < 4.78 is 29.8. The first kappa shape index (κ1) is 21.9. The zero-order valence-electron chi connectivity index (χ0n) is 18.8. The van der Waals surface area contributed by atoms with Gasteiger partial charge in [-0.25, -0.2) is 13.8 Å². The molecule has 164 valence electrons. The predicted molar refractivity (Wildman–Crippen MR) is 125 cm³/mol. The lowest BCUT2D eigenvalue weighted by atomic mass is 9.99. The highest BCUT2D eigenvalue weighted by Gasteiger charge is 2.09. The third kappa shape index (κ3) is 5.31. The number of hydrogen-bond acceptors (Lipinski definition) is 1. The zero-order valence-corrected chi connectivity index (χ0v) is 18.8. The number of nitrogens with zero attached hydrogens (tertiary/aromatic N) is 2. The predicted octanol–water partition coefficient (Wildman–Crippen LogP) is 6.65. The van der Waals surface area contributed by atoms with E-state index in [0.717, 1.165) is 51.6 Å². The molecule has 2 aromatic carbocycles. The SMILES string of the molecule is Cc1cc(CCc2cc(F)cc(CCc3cccc(F)c3)c2)nc(-n2c(C)ccc2C)c1. The Morgan fingerprint density at radius 2 is 1.28 bits per heavy atom. The van der Waals surface area contributed by atoms with Gasteiger partial charge in [0.1, 0.15) is 17.5 Å². The van der Waals surface area contributed by atoms with Gasteiger partial charge in [0, 0.05) is 17.1 Å². The van der Waals surface area contributed by atoms with Crippen LogP contribution in [0.3, 0.4) is 0 Å². The molecule has 0 bridgehead atoms. The Morgan fingerprint density at radius 3 is 1.97 bits per heavy atom. The minimum atomic E-state index is -0.238. The summed E-state index contributed by atoms with van der Waals surface area (Å²) in [5, 5.41) is 0. The molecule has 0 aliphatic rings. The van der Waals surface area contributed by atoms with Crippen molar-refractivity contribution in [1.82, 2.24) is 9.55 Å². The molecule has 2 nitrogen and oxygen atoms in total. The van der Waals surface area contributed by atoms with E-state index in [-0.39, 0.29) is 11.6 Å². The van der Waals surface area contributed by atoms with Crippen molar-refractivity contribution in [2.24, 2.45) is 0 Å². The van der Waals surface area contributed by atoms with Gasteiger partial charge in [-0.15, -0.1) is 0 Å². The van der Waals surface area contributed by atoms with Crippen LogP contribution >= 0.6 is 0 Å². The smallest absolute Gasteiger partial charge is 0.137 e. The maximum atomic E-state index is 14.3. The monoisotopic (exact) mass is 430 g/mol. The first-order chi connectivity index (χ1) is 15.4. The number of benzene rings is 2.